The molecular weight excluding hydrogens is 211 g/mol. The third-order valence-electron chi connectivity index (χ3n) is 2.26. The topological polar surface area (TPSA) is 79.9 Å². The number of furan rings is 1. The second-order valence-electron chi connectivity index (χ2n) is 3.28. The zero-order chi connectivity index (χ0) is 11.7. The van der Waals surface area contributed by atoms with Crippen LogP contribution in [0.4, 0.5) is 0 Å². The number of carbonyl (C=O) groups excluding carboxylic acids is 1. The molecule has 2 rings (SSSR count). The van der Waals surface area contributed by atoms with Gasteiger partial charge in [-0.3, -0.25) is 4.79 Å². The van der Waals surface area contributed by atoms with E-state index in [9.17, 15) is 4.79 Å². The molecule has 0 saturated heterocycles. The predicted octanol–water partition coefficient (Wildman–Crippen LogP) is -0.0663. The molecule has 0 aliphatic carbocycles. The summed E-state index contributed by atoms with van der Waals surface area (Å²) in [6.07, 6.45) is 0.578. The largest absolute Gasteiger partial charge is 0.493 e. The van der Waals surface area contributed by atoms with E-state index in [0.717, 1.165) is 0 Å². The molecule has 0 aliphatic heterocycles. The zero-order valence-electron chi connectivity index (χ0n) is 8.51. The Morgan fingerprint density at radius 2 is 2.12 bits per heavy atom. The molecule has 6 heteroatoms. The number of benzene rings is 1. The lowest BCUT2D eigenvalue weighted by Gasteiger charge is -2.04. The molecule has 2 N–H and O–H groups in total. The van der Waals surface area contributed by atoms with Crippen LogP contribution < -0.4 is 10.2 Å². The number of carbonyl (C=O) groups is 1. The molecule has 0 spiro atoms. The number of methoxy groups -OCH3 is 1. The number of hydrogen-bond donors (Lipinski definition) is 2. The van der Waals surface area contributed by atoms with Crippen molar-refractivity contribution in [2.45, 2.75) is 0 Å². The van der Waals surface area contributed by atoms with E-state index in [1.165, 1.54) is 25.3 Å². The average Bonchev–Trinajstić information content (AvgIpc) is 2.70. The maximum Gasteiger partial charge on any atom is 0.488 e. The quantitative estimate of drug-likeness (QED) is 0.559. The minimum Gasteiger partial charge on any atom is -0.493 e. The first-order valence-electron chi connectivity index (χ1n) is 4.58. The fraction of sp³-hybridized carbons (Fsp3) is 0.100. The van der Waals surface area contributed by atoms with Crippen LogP contribution in [0.5, 0.6) is 5.75 Å². The zero-order valence-corrected chi connectivity index (χ0v) is 8.51. The molecule has 0 radical (unpaired) electrons. The molecule has 0 saturated carbocycles. The lowest BCUT2D eigenvalue weighted by atomic mass is 9.80. The van der Waals surface area contributed by atoms with Gasteiger partial charge in [-0.1, -0.05) is 6.07 Å². The van der Waals surface area contributed by atoms with Gasteiger partial charge in [-0.2, -0.15) is 0 Å². The van der Waals surface area contributed by atoms with Crippen molar-refractivity contribution in [3.8, 4) is 5.75 Å². The second-order valence-corrected chi connectivity index (χ2v) is 3.28. The lowest BCUT2D eigenvalue weighted by Crippen LogP contribution is -2.29. The first kappa shape index (κ1) is 10.7. The minimum absolute atomic E-state index is 0.165. The van der Waals surface area contributed by atoms with Crippen molar-refractivity contribution in [1.82, 2.24) is 0 Å². The van der Waals surface area contributed by atoms with Crippen LogP contribution in [0.1, 0.15) is 10.6 Å². The summed E-state index contributed by atoms with van der Waals surface area (Å²) < 4.78 is 10.3. The van der Waals surface area contributed by atoms with Gasteiger partial charge in [-0.15, -0.1) is 0 Å². The van der Waals surface area contributed by atoms with Gasteiger partial charge in [0.2, 0.25) is 0 Å². The van der Waals surface area contributed by atoms with Crippen molar-refractivity contribution < 1.29 is 24.0 Å². The Hall–Kier alpha value is -1.79. The van der Waals surface area contributed by atoms with Gasteiger partial charge < -0.3 is 19.2 Å². The SMILES string of the molecule is COc1cc(B(O)O)cc2cc(C=O)oc12. The van der Waals surface area contributed by atoms with Crippen molar-refractivity contribution >= 4 is 29.8 Å². The number of aldehydes is 1. The summed E-state index contributed by atoms with van der Waals surface area (Å²) in [5.41, 5.74) is 0.691. The van der Waals surface area contributed by atoms with Crippen LogP contribution in [-0.4, -0.2) is 30.6 Å². The maximum absolute atomic E-state index is 10.6. The lowest BCUT2D eigenvalue weighted by molar-refractivity contribution is 0.110. The fourth-order valence-electron chi connectivity index (χ4n) is 1.52. The van der Waals surface area contributed by atoms with E-state index >= 15 is 0 Å². The van der Waals surface area contributed by atoms with Crippen molar-refractivity contribution in [3.63, 3.8) is 0 Å². The van der Waals surface area contributed by atoms with Gasteiger partial charge in [-0.25, -0.2) is 0 Å². The van der Waals surface area contributed by atoms with Gasteiger partial charge >= 0.3 is 7.12 Å². The molecule has 2 aromatic rings. The fourth-order valence-corrected chi connectivity index (χ4v) is 1.52. The van der Waals surface area contributed by atoms with E-state index in [4.69, 9.17) is 19.2 Å². The summed E-state index contributed by atoms with van der Waals surface area (Å²) in [6.45, 7) is 0. The molecule has 0 fully saturated rings. The molecule has 1 aromatic carbocycles. The van der Waals surface area contributed by atoms with E-state index in [-0.39, 0.29) is 11.2 Å². The highest BCUT2D eigenvalue weighted by molar-refractivity contribution is 6.59. The molecule has 16 heavy (non-hydrogen) atoms. The molecule has 0 amide bonds. The maximum atomic E-state index is 10.6. The van der Waals surface area contributed by atoms with Gasteiger partial charge in [0.1, 0.15) is 0 Å². The van der Waals surface area contributed by atoms with E-state index < -0.39 is 7.12 Å². The second kappa shape index (κ2) is 4.00. The van der Waals surface area contributed by atoms with E-state index in [1.807, 2.05) is 0 Å². The summed E-state index contributed by atoms with van der Waals surface area (Å²) in [5, 5.41) is 18.7. The monoisotopic (exact) mass is 220 g/mol. The Balaban J connectivity index is 2.70. The van der Waals surface area contributed by atoms with Gasteiger partial charge in [0.15, 0.2) is 23.4 Å². The van der Waals surface area contributed by atoms with Gasteiger partial charge in [0, 0.05) is 5.39 Å². The Kier molecular flexibility index (Phi) is 2.68. The van der Waals surface area contributed by atoms with Crippen LogP contribution in [0.15, 0.2) is 22.6 Å². The summed E-state index contributed by atoms with van der Waals surface area (Å²) in [6, 6.07) is 4.49. The van der Waals surface area contributed by atoms with Crippen LogP contribution in [-0.2, 0) is 0 Å². The standard InChI is InChI=1S/C10H9BO5/c1-15-9-4-7(11(13)14)2-6-3-8(5-12)16-10(6)9/h2-5,13-14H,1H3. The Morgan fingerprint density at radius 3 is 2.69 bits per heavy atom. The molecule has 1 aromatic heterocycles. The number of ether oxygens (including phenoxy) is 1. The van der Waals surface area contributed by atoms with Crippen LogP contribution in [0.3, 0.4) is 0 Å². The Bertz CT molecular complexity index is 531. The van der Waals surface area contributed by atoms with E-state index in [0.29, 0.717) is 23.0 Å². The van der Waals surface area contributed by atoms with Crippen molar-refractivity contribution in [3.05, 3.63) is 24.0 Å². The Morgan fingerprint density at radius 1 is 1.38 bits per heavy atom. The van der Waals surface area contributed by atoms with Crippen molar-refractivity contribution in [2.75, 3.05) is 7.11 Å². The first-order chi connectivity index (χ1) is 7.65. The number of rotatable bonds is 3. The van der Waals surface area contributed by atoms with E-state index in [1.54, 1.807) is 0 Å². The average molecular weight is 220 g/mol. The van der Waals surface area contributed by atoms with Crippen molar-refractivity contribution in [2.24, 2.45) is 0 Å². The van der Waals surface area contributed by atoms with Crippen LogP contribution in [0.25, 0.3) is 11.0 Å². The summed E-state index contributed by atoms with van der Waals surface area (Å²) in [4.78, 5) is 10.6. The van der Waals surface area contributed by atoms with Crippen LogP contribution >= 0.6 is 0 Å². The first-order valence-corrected chi connectivity index (χ1v) is 4.58. The third kappa shape index (κ3) is 1.68. The third-order valence-corrected chi connectivity index (χ3v) is 2.26. The molecular formula is C10H9BO5. The molecule has 0 bridgehead atoms. The highest BCUT2D eigenvalue weighted by Gasteiger charge is 2.17. The molecule has 82 valence electrons. The number of hydrogen-bond acceptors (Lipinski definition) is 5. The Labute approximate surface area is 91.4 Å². The molecule has 1 heterocycles. The summed E-state index contributed by atoms with van der Waals surface area (Å²) in [7, 11) is -0.154. The summed E-state index contributed by atoms with van der Waals surface area (Å²) in [5.74, 6) is 0.520. The van der Waals surface area contributed by atoms with Gasteiger partial charge in [0.05, 0.1) is 7.11 Å². The van der Waals surface area contributed by atoms with Crippen LogP contribution in [0, 0.1) is 0 Å². The number of fused-ring (bicyclic) bond motifs is 1. The highest BCUT2D eigenvalue weighted by Crippen LogP contribution is 2.27. The molecule has 0 aliphatic rings. The van der Waals surface area contributed by atoms with Gasteiger partial charge in [-0.05, 0) is 17.6 Å². The smallest absolute Gasteiger partial charge is 0.488 e. The highest BCUT2D eigenvalue weighted by atomic mass is 16.5. The van der Waals surface area contributed by atoms with Crippen LogP contribution in [0.2, 0.25) is 0 Å². The predicted molar refractivity (Wildman–Crippen MR) is 58.0 cm³/mol. The van der Waals surface area contributed by atoms with Crippen molar-refractivity contribution in [1.29, 1.82) is 0 Å². The summed E-state index contributed by atoms with van der Waals surface area (Å²) >= 11 is 0. The molecule has 0 atom stereocenters. The molecule has 5 nitrogen and oxygen atoms in total. The minimum atomic E-state index is -1.59. The van der Waals surface area contributed by atoms with E-state index in [2.05, 4.69) is 0 Å². The normalized spacial score (nSPS) is 10.4. The molecule has 0 unspecified atom stereocenters. The van der Waals surface area contributed by atoms with Gasteiger partial charge in [0.25, 0.3) is 0 Å².